The molecule has 0 aliphatic carbocycles. The van der Waals surface area contributed by atoms with E-state index in [0.717, 1.165) is 24.8 Å². The number of ether oxygens (including phenoxy) is 1. The number of methoxy groups -OCH3 is 1. The smallest absolute Gasteiger partial charge is 0.333 e. The number of allylic oxidation sites excluding steroid dienone is 1. The van der Waals surface area contributed by atoms with Crippen molar-refractivity contribution in [3.05, 3.63) is 11.1 Å². The Morgan fingerprint density at radius 3 is 1.85 bits per heavy atom. The van der Waals surface area contributed by atoms with Crippen LogP contribution < -0.4 is 0 Å². The predicted molar refractivity (Wildman–Crippen MR) is 86.9 cm³/mol. The first-order valence-electron chi connectivity index (χ1n) is 8.44. The van der Waals surface area contributed by atoms with Gasteiger partial charge in [-0.3, -0.25) is 0 Å². The molecule has 0 saturated carbocycles. The van der Waals surface area contributed by atoms with Gasteiger partial charge < -0.3 is 4.74 Å². The van der Waals surface area contributed by atoms with Crippen molar-refractivity contribution in [2.24, 2.45) is 0 Å². The first-order valence-corrected chi connectivity index (χ1v) is 8.44. The number of hydrogen-bond acceptors (Lipinski definition) is 2. The molecule has 0 aliphatic heterocycles. The Kier molecular flexibility index (Phi) is 12.7. The summed E-state index contributed by atoms with van der Waals surface area (Å²) in [7, 11) is 1.46. The SMILES string of the molecule is CCCCCCCCCCC(CCC)=C(C)C(=O)OC. The fraction of sp³-hybridized carbons (Fsp3) is 0.833. The molecule has 0 heterocycles. The lowest BCUT2D eigenvalue weighted by atomic mass is 9.97. The van der Waals surface area contributed by atoms with Gasteiger partial charge in [-0.1, -0.05) is 70.8 Å². The summed E-state index contributed by atoms with van der Waals surface area (Å²) in [5.74, 6) is -0.159. The topological polar surface area (TPSA) is 26.3 Å². The second-order valence-electron chi connectivity index (χ2n) is 5.70. The molecule has 0 rings (SSSR count). The van der Waals surface area contributed by atoms with Crippen LogP contribution in [-0.4, -0.2) is 13.1 Å². The molecule has 0 aliphatic rings. The van der Waals surface area contributed by atoms with E-state index in [1.165, 1.54) is 64.0 Å². The maximum Gasteiger partial charge on any atom is 0.333 e. The molecule has 2 nitrogen and oxygen atoms in total. The van der Waals surface area contributed by atoms with E-state index in [2.05, 4.69) is 13.8 Å². The Bertz CT molecular complexity index is 279. The monoisotopic (exact) mass is 282 g/mol. The molecular weight excluding hydrogens is 248 g/mol. The van der Waals surface area contributed by atoms with Gasteiger partial charge in [0, 0.05) is 5.57 Å². The van der Waals surface area contributed by atoms with Crippen molar-refractivity contribution in [2.75, 3.05) is 7.11 Å². The molecule has 0 aromatic heterocycles. The highest BCUT2D eigenvalue weighted by atomic mass is 16.5. The first kappa shape index (κ1) is 19.2. The fourth-order valence-corrected chi connectivity index (χ4v) is 2.57. The van der Waals surface area contributed by atoms with Crippen LogP contribution in [0.1, 0.15) is 91.4 Å². The van der Waals surface area contributed by atoms with Crippen LogP contribution in [-0.2, 0) is 9.53 Å². The number of hydrogen-bond donors (Lipinski definition) is 0. The lowest BCUT2D eigenvalue weighted by molar-refractivity contribution is -0.136. The lowest BCUT2D eigenvalue weighted by Crippen LogP contribution is -2.05. The van der Waals surface area contributed by atoms with Gasteiger partial charge in [0.25, 0.3) is 0 Å². The summed E-state index contributed by atoms with van der Waals surface area (Å²) < 4.78 is 4.82. The van der Waals surface area contributed by atoms with Crippen molar-refractivity contribution in [3.63, 3.8) is 0 Å². The van der Waals surface area contributed by atoms with Crippen LogP contribution in [0.4, 0.5) is 0 Å². The minimum Gasteiger partial charge on any atom is -0.466 e. The standard InChI is InChI=1S/C18H34O2/c1-5-7-8-9-10-11-12-13-15-17(14-6-2)16(3)18(19)20-4/h5-15H2,1-4H3. The summed E-state index contributed by atoms with van der Waals surface area (Å²) in [4.78, 5) is 11.6. The maximum absolute atomic E-state index is 11.6. The molecule has 0 unspecified atom stereocenters. The van der Waals surface area contributed by atoms with Crippen molar-refractivity contribution < 1.29 is 9.53 Å². The third-order valence-electron chi connectivity index (χ3n) is 3.91. The van der Waals surface area contributed by atoms with Crippen molar-refractivity contribution in [1.82, 2.24) is 0 Å². The van der Waals surface area contributed by atoms with E-state index in [1.807, 2.05) is 6.92 Å². The third kappa shape index (κ3) is 9.17. The molecule has 0 N–H and O–H groups in total. The third-order valence-corrected chi connectivity index (χ3v) is 3.91. The number of carbonyl (C=O) groups excluding carboxylic acids is 1. The molecular formula is C18H34O2. The van der Waals surface area contributed by atoms with Crippen molar-refractivity contribution in [2.45, 2.75) is 91.4 Å². The average Bonchev–Trinajstić information content (AvgIpc) is 2.47. The fourth-order valence-electron chi connectivity index (χ4n) is 2.57. The number of unbranched alkanes of at least 4 members (excludes halogenated alkanes) is 7. The zero-order valence-electron chi connectivity index (χ0n) is 14.1. The van der Waals surface area contributed by atoms with Gasteiger partial charge in [-0.05, 0) is 26.2 Å². The van der Waals surface area contributed by atoms with Crippen molar-refractivity contribution in [3.8, 4) is 0 Å². The highest BCUT2D eigenvalue weighted by Crippen LogP contribution is 2.20. The molecule has 0 bridgehead atoms. The van der Waals surface area contributed by atoms with Crippen LogP contribution in [0.3, 0.4) is 0 Å². The van der Waals surface area contributed by atoms with Crippen LogP contribution in [0.5, 0.6) is 0 Å². The average molecular weight is 282 g/mol. The summed E-state index contributed by atoms with van der Waals surface area (Å²) in [6.07, 6.45) is 13.8. The van der Waals surface area contributed by atoms with Gasteiger partial charge in [0.1, 0.15) is 0 Å². The summed E-state index contributed by atoms with van der Waals surface area (Å²) >= 11 is 0. The van der Waals surface area contributed by atoms with Gasteiger partial charge in [0.15, 0.2) is 0 Å². The Balaban J connectivity index is 3.90. The van der Waals surface area contributed by atoms with E-state index in [0.29, 0.717) is 0 Å². The van der Waals surface area contributed by atoms with Gasteiger partial charge in [0.05, 0.1) is 7.11 Å². The second kappa shape index (κ2) is 13.2. The molecule has 118 valence electrons. The Morgan fingerprint density at radius 1 is 0.800 bits per heavy atom. The van der Waals surface area contributed by atoms with Crippen LogP contribution in [0.25, 0.3) is 0 Å². The second-order valence-corrected chi connectivity index (χ2v) is 5.70. The largest absolute Gasteiger partial charge is 0.466 e. The molecule has 0 aromatic rings. The van der Waals surface area contributed by atoms with E-state index >= 15 is 0 Å². The molecule has 2 heteroatoms. The molecule has 0 spiro atoms. The van der Waals surface area contributed by atoms with Crippen molar-refractivity contribution >= 4 is 5.97 Å². The zero-order valence-corrected chi connectivity index (χ0v) is 14.1. The number of carbonyl (C=O) groups is 1. The normalized spacial score (nSPS) is 12.2. The quantitative estimate of drug-likeness (QED) is 0.256. The van der Waals surface area contributed by atoms with E-state index in [1.54, 1.807) is 0 Å². The number of esters is 1. The molecule has 0 saturated heterocycles. The molecule has 0 radical (unpaired) electrons. The van der Waals surface area contributed by atoms with Crippen LogP contribution >= 0.6 is 0 Å². The molecule has 0 fully saturated rings. The van der Waals surface area contributed by atoms with Crippen LogP contribution in [0, 0.1) is 0 Å². The van der Waals surface area contributed by atoms with E-state index in [4.69, 9.17) is 4.74 Å². The molecule has 0 aromatic carbocycles. The molecule has 0 atom stereocenters. The van der Waals surface area contributed by atoms with E-state index in [9.17, 15) is 4.79 Å². The van der Waals surface area contributed by atoms with E-state index < -0.39 is 0 Å². The van der Waals surface area contributed by atoms with E-state index in [-0.39, 0.29) is 5.97 Å². The Labute approximate surface area is 126 Å². The first-order chi connectivity index (χ1) is 9.67. The Hall–Kier alpha value is -0.790. The van der Waals surface area contributed by atoms with Crippen LogP contribution in [0.15, 0.2) is 11.1 Å². The molecule has 20 heavy (non-hydrogen) atoms. The molecule has 0 amide bonds. The zero-order chi connectivity index (χ0) is 15.2. The lowest BCUT2D eigenvalue weighted by Gasteiger charge is -2.10. The summed E-state index contributed by atoms with van der Waals surface area (Å²) in [5.41, 5.74) is 2.13. The van der Waals surface area contributed by atoms with Gasteiger partial charge in [0.2, 0.25) is 0 Å². The maximum atomic E-state index is 11.6. The predicted octanol–water partition coefficient (Wildman–Crippen LogP) is 5.81. The minimum atomic E-state index is -0.159. The summed E-state index contributed by atoms with van der Waals surface area (Å²) in [6.45, 7) is 6.32. The summed E-state index contributed by atoms with van der Waals surface area (Å²) in [6, 6.07) is 0. The van der Waals surface area contributed by atoms with Gasteiger partial charge in [-0.25, -0.2) is 4.79 Å². The van der Waals surface area contributed by atoms with Gasteiger partial charge in [-0.2, -0.15) is 0 Å². The van der Waals surface area contributed by atoms with Gasteiger partial charge in [-0.15, -0.1) is 0 Å². The Morgan fingerprint density at radius 2 is 1.35 bits per heavy atom. The minimum absolute atomic E-state index is 0.159. The van der Waals surface area contributed by atoms with Crippen LogP contribution in [0.2, 0.25) is 0 Å². The summed E-state index contributed by atoms with van der Waals surface area (Å²) in [5, 5.41) is 0. The highest BCUT2D eigenvalue weighted by Gasteiger charge is 2.10. The van der Waals surface area contributed by atoms with Crippen molar-refractivity contribution in [1.29, 1.82) is 0 Å². The number of rotatable bonds is 12. The van der Waals surface area contributed by atoms with Gasteiger partial charge >= 0.3 is 5.97 Å². The highest BCUT2D eigenvalue weighted by molar-refractivity contribution is 5.88.